The topological polar surface area (TPSA) is 31.0 Å². The Bertz CT molecular complexity index is 327. The van der Waals surface area contributed by atoms with Crippen molar-refractivity contribution in [3.05, 3.63) is 18.2 Å². The molecule has 0 atom stereocenters. The van der Waals surface area contributed by atoms with Crippen LogP contribution in [0.1, 0.15) is 5.56 Å². The summed E-state index contributed by atoms with van der Waals surface area (Å²) in [5, 5.41) is 0. The van der Waals surface area contributed by atoms with Crippen molar-refractivity contribution in [2.24, 2.45) is 7.05 Å². The van der Waals surface area contributed by atoms with Crippen molar-refractivity contribution in [1.29, 1.82) is 0 Å². The number of hydrogen-bond donors (Lipinski definition) is 0. The number of aryl methyl sites for hydroxylation is 2. The SMILES string of the molecule is Cc1coc2ncn(C)c12. The Morgan fingerprint density at radius 3 is 3.10 bits per heavy atom. The van der Waals surface area contributed by atoms with E-state index in [1.807, 2.05) is 18.5 Å². The van der Waals surface area contributed by atoms with Crippen LogP contribution in [0.2, 0.25) is 0 Å². The van der Waals surface area contributed by atoms with E-state index in [9.17, 15) is 0 Å². The Labute approximate surface area is 58.3 Å². The second kappa shape index (κ2) is 1.62. The molecule has 0 bridgehead atoms. The molecule has 2 aromatic heterocycles. The first-order valence-electron chi connectivity index (χ1n) is 3.14. The van der Waals surface area contributed by atoms with Crippen molar-refractivity contribution in [3.63, 3.8) is 0 Å². The molecular formula is C7H8N2O. The van der Waals surface area contributed by atoms with Gasteiger partial charge in [-0.15, -0.1) is 0 Å². The van der Waals surface area contributed by atoms with Gasteiger partial charge in [-0.05, 0) is 6.92 Å². The molecule has 0 radical (unpaired) electrons. The quantitative estimate of drug-likeness (QED) is 0.549. The minimum absolute atomic E-state index is 0.722. The fourth-order valence-corrected chi connectivity index (χ4v) is 1.14. The van der Waals surface area contributed by atoms with Crippen molar-refractivity contribution in [3.8, 4) is 0 Å². The molecule has 0 amide bonds. The van der Waals surface area contributed by atoms with Gasteiger partial charge in [0.15, 0.2) is 0 Å². The van der Waals surface area contributed by atoms with Crippen molar-refractivity contribution in [1.82, 2.24) is 9.55 Å². The van der Waals surface area contributed by atoms with Crippen LogP contribution < -0.4 is 0 Å². The molecule has 0 spiro atoms. The molecule has 0 aliphatic heterocycles. The first-order chi connectivity index (χ1) is 4.79. The third-order valence-corrected chi connectivity index (χ3v) is 1.62. The molecule has 0 saturated carbocycles. The molecule has 0 aromatic carbocycles. The zero-order chi connectivity index (χ0) is 7.14. The summed E-state index contributed by atoms with van der Waals surface area (Å²) in [5.41, 5.74) is 2.94. The predicted molar refractivity (Wildman–Crippen MR) is 37.7 cm³/mol. The average Bonchev–Trinajstić information content (AvgIpc) is 2.40. The maximum absolute atomic E-state index is 5.14. The highest BCUT2D eigenvalue weighted by Gasteiger charge is 2.04. The number of aromatic nitrogens is 2. The van der Waals surface area contributed by atoms with E-state index in [1.165, 1.54) is 0 Å². The Kier molecular flexibility index (Phi) is 0.897. The minimum Gasteiger partial charge on any atom is -0.445 e. The highest BCUT2D eigenvalue weighted by atomic mass is 16.3. The molecule has 0 unspecified atom stereocenters. The fraction of sp³-hybridized carbons (Fsp3) is 0.286. The second-order valence-corrected chi connectivity index (χ2v) is 2.43. The first-order valence-corrected chi connectivity index (χ1v) is 3.14. The Hall–Kier alpha value is -1.25. The van der Waals surface area contributed by atoms with Crippen LogP contribution in [0.15, 0.2) is 17.0 Å². The number of imidazole rings is 1. The summed E-state index contributed by atoms with van der Waals surface area (Å²) >= 11 is 0. The van der Waals surface area contributed by atoms with Crippen LogP contribution in [0.5, 0.6) is 0 Å². The van der Waals surface area contributed by atoms with Gasteiger partial charge in [0, 0.05) is 12.6 Å². The molecule has 0 N–H and O–H groups in total. The zero-order valence-corrected chi connectivity index (χ0v) is 5.96. The van der Waals surface area contributed by atoms with Gasteiger partial charge >= 0.3 is 0 Å². The lowest BCUT2D eigenvalue weighted by molar-refractivity contribution is 0.601. The van der Waals surface area contributed by atoms with Gasteiger partial charge in [0.1, 0.15) is 5.52 Å². The maximum Gasteiger partial charge on any atom is 0.244 e. The van der Waals surface area contributed by atoms with Crippen molar-refractivity contribution in [2.75, 3.05) is 0 Å². The Morgan fingerprint density at radius 1 is 1.60 bits per heavy atom. The van der Waals surface area contributed by atoms with Crippen molar-refractivity contribution < 1.29 is 4.42 Å². The smallest absolute Gasteiger partial charge is 0.244 e. The van der Waals surface area contributed by atoms with E-state index in [0.717, 1.165) is 16.8 Å². The third-order valence-electron chi connectivity index (χ3n) is 1.62. The molecule has 0 aliphatic rings. The van der Waals surface area contributed by atoms with E-state index in [4.69, 9.17) is 4.42 Å². The minimum atomic E-state index is 0.722. The van der Waals surface area contributed by atoms with Crippen LogP contribution in [0, 0.1) is 6.92 Å². The van der Waals surface area contributed by atoms with Gasteiger partial charge in [-0.1, -0.05) is 0 Å². The van der Waals surface area contributed by atoms with Crippen LogP contribution in [0.25, 0.3) is 11.2 Å². The van der Waals surface area contributed by atoms with Gasteiger partial charge in [0.05, 0.1) is 12.6 Å². The van der Waals surface area contributed by atoms with Crippen LogP contribution in [0.3, 0.4) is 0 Å². The number of fused-ring (bicyclic) bond motifs is 1. The summed E-state index contributed by atoms with van der Waals surface area (Å²) < 4.78 is 7.09. The van der Waals surface area contributed by atoms with Crippen LogP contribution in [-0.4, -0.2) is 9.55 Å². The van der Waals surface area contributed by atoms with E-state index in [1.54, 1.807) is 12.6 Å². The summed E-state index contributed by atoms with van der Waals surface area (Å²) in [5.74, 6) is 0. The van der Waals surface area contributed by atoms with Crippen LogP contribution >= 0.6 is 0 Å². The molecular weight excluding hydrogens is 128 g/mol. The van der Waals surface area contributed by atoms with E-state index in [-0.39, 0.29) is 0 Å². The molecule has 3 heteroatoms. The lowest BCUT2D eigenvalue weighted by Gasteiger charge is -1.87. The van der Waals surface area contributed by atoms with E-state index < -0.39 is 0 Å². The lowest BCUT2D eigenvalue weighted by Crippen LogP contribution is -1.83. The summed E-state index contributed by atoms with van der Waals surface area (Å²) in [6, 6.07) is 0. The Balaban J connectivity index is 2.98. The highest BCUT2D eigenvalue weighted by Crippen LogP contribution is 2.17. The zero-order valence-electron chi connectivity index (χ0n) is 5.96. The van der Waals surface area contributed by atoms with Gasteiger partial charge in [-0.3, -0.25) is 0 Å². The number of nitrogens with zero attached hydrogens (tertiary/aromatic N) is 2. The second-order valence-electron chi connectivity index (χ2n) is 2.43. The normalized spacial score (nSPS) is 11.0. The van der Waals surface area contributed by atoms with Crippen LogP contribution in [-0.2, 0) is 7.05 Å². The number of hydrogen-bond acceptors (Lipinski definition) is 2. The largest absolute Gasteiger partial charge is 0.445 e. The molecule has 52 valence electrons. The van der Waals surface area contributed by atoms with E-state index in [0.29, 0.717) is 0 Å². The number of rotatable bonds is 0. The monoisotopic (exact) mass is 136 g/mol. The fourth-order valence-electron chi connectivity index (χ4n) is 1.14. The summed E-state index contributed by atoms with van der Waals surface area (Å²) in [4.78, 5) is 4.04. The van der Waals surface area contributed by atoms with Crippen molar-refractivity contribution in [2.45, 2.75) is 6.92 Å². The third kappa shape index (κ3) is 0.518. The molecule has 0 aliphatic carbocycles. The predicted octanol–water partition coefficient (Wildman–Crippen LogP) is 1.47. The molecule has 2 aromatic rings. The van der Waals surface area contributed by atoms with Gasteiger partial charge in [0.2, 0.25) is 5.71 Å². The lowest BCUT2D eigenvalue weighted by atomic mass is 10.3. The van der Waals surface area contributed by atoms with Gasteiger partial charge < -0.3 is 8.98 Å². The van der Waals surface area contributed by atoms with E-state index in [2.05, 4.69) is 4.98 Å². The number of furan rings is 1. The summed E-state index contributed by atoms with van der Waals surface area (Å²) in [6.45, 7) is 2.01. The van der Waals surface area contributed by atoms with Gasteiger partial charge in [-0.2, -0.15) is 0 Å². The van der Waals surface area contributed by atoms with Crippen LogP contribution in [0.4, 0.5) is 0 Å². The van der Waals surface area contributed by atoms with Gasteiger partial charge in [0.25, 0.3) is 0 Å². The molecule has 0 fully saturated rings. The van der Waals surface area contributed by atoms with E-state index >= 15 is 0 Å². The summed E-state index contributed by atoms with van der Waals surface area (Å²) in [6.07, 6.45) is 3.47. The molecule has 10 heavy (non-hydrogen) atoms. The standard InChI is InChI=1S/C7H8N2O/c1-5-3-10-7-6(5)9(2)4-8-7/h3-4H,1-2H3. The molecule has 2 heterocycles. The molecule has 3 nitrogen and oxygen atoms in total. The molecule has 0 saturated heterocycles. The highest BCUT2D eigenvalue weighted by molar-refractivity contribution is 5.73. The Morgan fingerprint density at radius 2 is 2.40 bits per heavy atom. The maximum atomic E-state index is 5.14. The first kappa shape index (κ1) is 5.53. The van der Waals surface area contributed by atoms with Gasteiger partial charge in [-0.25, -0.2) is 4.98 Å². The average molecular weight is 136 g/mol. The molecule has 2 rings (SSSR count). The van der Waals surface area contributed by atoms with Crippen molar-refractivity contribution >= 4 is 11.2 Å². The summed E-state index contributed by atoms with van der Waals surface area (Å²) in [7, 11) is 1.96.